The van der Waals surface area contributed by atoms with Gasteiger partial charge in [0, 0.05) is 65.4 Å². The number of para-hydroxylation sites is 2. The maximum Gasteiger partial charge on any atom is 0.252 e. The zero-order valence-corrected chi connectivity index (χ0v) is 43.2. The van der Waals surface area contributed by atoms with Crippen LogP contribution in [0.1, 0.15) is 52.7 Å². The van der Waals surface area contributed by atoms with Crippen molar-refractivity contribution in [2.75, 3.05) is 14.7 Å². The number of nitrogens with zero attached hydrogens (tertiary/aromatic N) is 3. The summed E-state index contributed by atoms with van der Waals surface area (Å²) in [6, 6.07) is 81.7. The van der Waals surface area contributed by atoms with Crippen molar-refractivity contribution in [3.05, 3.63) is 230 Å². The van der Waals surface area contributed by atoms with Gasteiger partial charge < -0.3 is 14.7 Å². The molecule has 9 aromatic carbocycles. The third-order valence-corrected chi connectivity index (χ3v) is 17.1. The van der Waals surface area contributed by atoms with Crippen molar-refractivity contribution in [2.45, 2.75) is 52.4 Å². The van der Waals surface area contributed by atoms with Crippen LogP contribution in [0.2, 0.25) is 0 Å². The van der Waals surface area contributed by atoms with E-state index >= 15 is 0 Å². The lowest BCUT2D eigenvalue weighted by Gasteiger charge is -2.45. The summed E-state index contributed by atoms with van der Waals surface area (Å²) in [6.45, 7) is 14.0. The quantitative estimate of drug-likeness (QED) is 0.147. The highest BCUT2D eigenvalue weighted by Crippen LogP contribution is 2.56. The van der Waals surface area contributed by atoms with E-state index in [1.165, 1.54) is 103 Å². The van der Waals surface area contributed by atoms with Crippen molar-refractivity contribution in [3.63, 3.8) is 0 Å². The molecule has 348 valence electrons. The van der Waals surface area contributed by atoms with Crippen molar-refractivity contribution < 1.29 is 0 Å². The summed E-state index contributed by atoms with van der Waals surface area (Å²) in [4.78, 5) is 7.76. The number of hydrogen-bond acceptors (Lipinski definition) is 5. The third-order valence-electron chi connectivity index (χ3n) is 14.8. The largest absolute Gasteiger partial charge is 0.310 e. The summed E-state index contributed by atoms with van der Waals surface area (Å²) in [5.74, 6) is 0. The first-order valence-electron chi connectivity index (χ1n) is 25.1. The van der Waals surface area contributed by atoms with E-state index in [0.717, 1.165) is 17.1 Å². The van der Waals surface area contributed by atoms with E-state index in [4.69, 9.17) is 0 Å². The summed E-state index contributed by atoms with van der Waals surface area (Å²) in [7, 11) is 0. The van der Waals surface area contributed by atoms with Crippen LogP contribution in [0.5, 0.6) is 0 Å². The zero-order chi connectivity index (χ0) is 48.9. The van der Waals surface area contributed by atoms with Crippen molar-refractivity contribution in [1.82, 2.24) is 0 Å². The van der Waals surface area contributed by atoms with Gasteiger partial charge in [-0.05, 0) is 110 Å². The van der Waals surface area contributed by atoms with Crippen LogP contribution in [0.4, 0.5) is 49.8 Å². The van der Waals surface area contributed by atoms with E-state index in [1.807, 2.05) is 22.7 Å². The Morgan fingerprint density at radius 2 is 0.750 bits per heavy atom. The van der Waals surface area contributed by atoms with Gasteiger partial charge in [-0.3, -0.25) is 0 Å². The normalized spacial score (nSPS) is 13.1. The Bertz CT molecular complexity index is 3600. The van der Waals surface area contributed by atoms with Gasteiger partial charge in [-0.1, -0.05) is 199 Å². The number of thiophene rings is 2. The van der Waals surface area contributed by atoms with E-state index < -0.39 is 0 Å². The molecule has 72 heavy (non-hydrogen) atoms. The molecule has 0 spiro atoms. The van der Waals surface area contributed by atoms with Crippen LogP contribution in [-0.4, -0.2) is 6.71 Å². The molecule has 0 bridgehead atoms. The van der Waals surface area contributed by atoms with E-state index in [9.17, 15) is 0 Å². The molecule has 0 aliphatic carbocycles. The molecule has 13 rings (SSSR count). The van der Waals surface area contributed by atoms with Gasteiger partial charge in [0.1, 0.15) is 10.0 Å². The second-order valence-electron chi connectivity index (χ2n) is 21.3. The monoisotopic (exact) mass is 963 g/mol. The van der Waals surface area contributed by atoms with Crippen LogP contribution in [0, 0.1) is 0 Å². The fourth-order valence-corrected chi connectivity index (χ4v) is 13.7. The Morgan fingerprint density at radius 1 is 0.375 bits per heavy atom. The second-order valence-corrected chi connectivity index (χ2v) is 23.4. The minimum atomic E-state index is -0.0794. The van der Waals surface area contributed by atoms with Gasteiger partial charge in [-0.2, -0.15) is 0 Å². The molecule has 0 amide bonds. The number of fused-ring (bicyclic) bond motifs is 6. The van der Waals surface area contributed by atoms with E-state index in [1.54, 1.807) is 0 Å². The summed E-state index contributed by atoms with van der Waals surface area (Å²) in [6.07, 6.45) is 0. The highest BCUT2D eigenvalue weighted by Gasteiger charge is 2.46. The van der Waals surface area contributed by atoms with Crippen molar-refractivity contribution in [2.24, 2.45) is 0 Å². The number of anilines is 9. The zero-order valence-electron chi connectivity index (χ0n) is 41.5. The van der Waals surface area contributed by atoms with Gasteiger partial charge in [-0.15, -0.1) is 22.7 Å². The number of benzene rings is 9. The van der Waals surface area contributed by atoms with Crippen LogP contribution in [0.3, 0.4) is 0 Å². The molecule has 3 nitrogen and oxygen atoms in total. The highest BCUT2D eigenvalue weighted by atomic mass is 32.1. The molecular formula is C66H54BN3S2. The fourth-order valence-electron chi connectivity index (χ4n) is 11.2. The van der Waals surface area contributed by atoms with Gasteiger partial charge in [0.25, 0.3) is 6.71 Å². The molecule has 0 saturated carbocycles. The van der Waals surface area contributed by atoms with Gasteiger partial charge in [0.15, 0.2) is 0 Å². The maximum atomic E-state index is 2.65. The predicted molar refractivity (Wildman–Crippen MR) is 314 cm³/mol. The van der Waals surface area contributed by atoms with Gasteiger partial charge in [0.2, 0.25) is 0 Å². The molecule has 0 atom stereocenters. The molecule has 2 aliphatic heterocycles. The topological polar surface area (TPSA) is 9.72 Å². The lowest BCUT2D eigenvalue weighted by atomic mass is 9.33. The molecule has 2 aliphatic rings. The van der Waals surface area contributed by atoms with E-state index in [2.05, 4.69) is 275 Å². The van der Waals surface area contributed by atoms with Crippen molar-refractivity contribution in [1.29, 1.82) is 0 Å². The van der Waals surface area contributed by atoms with Gasteiger partial charge in [0.05, 0.1) is 5.69 Å². The molecule has 0 radical (unpaired) electrons. The third kappa shape index (κ3) is 7.22. The molecule has 0 N–H and O–H groups in total. The minimum Gasteiger partial charge on any atom is -0.310 e. The lowest BCUT2D eigenvalue weighted by Crippen LogP contribution is -2.61. The Labute approximate surface area is 432 Å². The first-order valence-corrected chi connectivity index (χ1v) is 26.8. The van der Waals surface area contributed by atoms with Crippen LogP contribution in [-0.2, 0) is 10.8 Å². The van der Waals surface area contributed by atoms with Crippen molar-refractivity contribution in [3.8, 4) is 22.3 Å². The SMILES string of the molecule is CC(C)(C)c1ccc2c(c1)B1c3cc(C(C)(C)C)ccc3N(c3sc4ccccc4c3-c3ccccc3)c3cc(N(c4ccccc4)c4ccccc4)cc(c31)N2c1sc2ccccc2c1-c1ccccc1. The Morgan fingerprint density at radius 3 is 1.15 bits per heavy atom. The summed E-state index contributed by atoms with van der Waals surface area (Å²) < 4.78 is 2.53. The summed E-state index contributed by atoms with van der Waals surface area (Å²) in [5.41, 5.74) is 19.5. The molecule has 6 heteroatoms. The van der Waals surface area contributed by atoms with Gasteiger partial charge in [-0.25, -0.2) is 0 Å². The number of rotatable bonds is 7. The fraction of sp³-hybridized carbons (Fsp3) is 0.121. The Hall–Kier alpha value is -7.64. The average molecular weight is 964 g/mol. The molecule has 0 unspecified atom stereocenters. The first kappa shape index (κ1) is 44.3. The molecule has 11 aromatic rings. The summed E-state index contributed by atoms with van der Waals surface area (Å²) >= 11 is 3.79. The first-order chi connectivity index (χ1) is 35.0. The lowest BCUT2D eigenvalue weighted by molar-refractivity contribution is 0.590. The van der Waals surface area contributed by atoms with Gasteiger partial charge >= 0.3 is 0 Å². The van der Waals surface area contributed by atoms with Crippen LogP contribution in [0.15, 0.2) is 218 Å². The Kier molecular flexibility index (Phi) is 10.5. The van der Waals surface area contributed by atoms with Crippen LogP contribution < -0.4 is 31.1 Å². The van der Waals surface area contributed by atoms with E-state index in [-0.39, 0.29) is 17.5 Å². The molecule has 0 saturated heterocycles. The second kappa shape index (κ2) is 17.0. The smallest absolute Gasteiger partial charge is 0.252 e. The Balaban J connectivity index is 1.22. The molecule has 4 heterocycles. The minimum absolute atomic E-state index is 0.0721. The predicted octanol–water partition coefficient (Wildman–Crippen LogP) is 17.6. The van der Waals surface area contributed by atoms with E-state index in [0.29, 0.717) is 0 Å². The highest BCUT2D eigenvalue weighted by molar-refractivity contribution is 7.24. The molecular weight excluding hydrogens is 910 g/mol. The summed E-state index contributed by atoms with van der Waals surface area (Å²) in [5, 5.41) is 4.95. The van der Waals surface area contributed by atoms with Crippen molar-refractivity contribution >= 4 is 116 Å². The molecule has 0 fully saturated rings. The van der Waals surface area contributed by atoms with Crippen LogP contribution in [0.25, 0.3) is 42.4 Å². The number of hydrogen-bond donors (Lipinski definition) is 0. The van der Waals surface area contributed by atoms with Crippen LogP contribution >= 0.6 is 22.7 Å². The molecule has 2 aromatic heterocycles. The maximum absolute atomic E-state index is 2.65. The standard InChI is InChI=1S/C66H54BN3S2/c1-65(2,3)45-35-37-54-52(39-45)67-53-40-46(66(4,5)6)36-38-55(53)70(64-61(44-25-13-8-14-26-44)51-32-20-22-34-59(51)72-64)57-42-49(68(47-27-15-9-16-28-47)48-29-17-10-18-30-48)41-56(62(57)67)69(54)63-60(43-23-11-7-12-24-43)50-31-19-21-33-58(50)71-63/h7-42H,1-6H3. The average Bonchev–Trinajstić information content (AvgIpc) is 3.98.